The highest BCUT2D eigenvalue weighted by Crippen LogP contribution is 2.28. The van der Waals surface area contributed by atoms with Crippen molar-refractivity contribution in [1.82, 2.24) is 15.2 Å². The third-order valence-electron chi connectivity index (χ3n) is 3.58. The summed E-state index contributed by atoms with van der Waals surface area (Å²) < 4.78 is 0.946. The van der Waals surface area contributed by atoms with Crippen LogP contribution in [0.25, 0.3) is 11.4 Å². The first-order valence-electron chi connectivity index (χ1n) is 7.49. The number of Topliss-reactive ketones (excluding diaryl/α,β-unsaturated/α-hetero) is 1. The molecule has 1 atom stereocenters. The van der Waals surface area contributed by atoms with Crippen molar-refractivity contribution >= 4 is 33.5 Å². The number of nitrogens with one attached hydrogen (secondary N) is 1. The molecular formula is C18H16BrN3OS. The number of carbonyl (C=O) groups is 1. The summed E-state index contributed by atoms with van der Waals surface area (Å²) in [5.41, 5.74) is 2.79. The van der Waals surface area contributed by atoms with Gasteiger partial charge in [-0.2, -0.15) is 0 Å². The maximum atomic E-state index is 12.5. The highest BCUT2D eigenvalue weighted by molar-refractivity contribution is 9.10. The zero-order chi connectivity index (χ0) is 17.1. The minimum absolute atomic E-state index is 0.0761. The molecule has 0 bridgehead atoms. The zero-order valence-electron chi connectivity index (χ0n) is 13.3. The average molecular weight is 402 g/mol. The highest BCUT2D eigenvalue weighted by Gasteiger charge is 2.19. The van der Waals surface area contributed by atoms with Crippen molar-refractivity contribution in [2.24, 2.45) is 0 Å². The van der Waals surface area contributed by atoms with Crippen LogP contribution < -0.4 is 0 Å². The number of hydrogen-bond donors (Lipinski definition) is 1. The third kappa shape index (κ3) is 3.76. The molecule has 0 aliphatic heterocycles. The lowest BCUT2D eigenvalue weighted by Crippen LogP contribution is -2.13. The number of ketones is 1. The quantitative estimate of drug-likeness (QED) is 0.487. The van der Waals surface area contributed by atoms with Gasteiger partial charge in [0.2, 0.25) is 5.16 Å². The molecule has 0 aliphatic carbocycles. The van der Waals surface area contributed by atoms with Crippen molar-refractivity contribution < 1.29 is 4.79 Å². The van der Waals surface area contributed by atoms with Crippen LogP contribution in [0.1, 0.15) is 22.8 Å². The van der Waals surface area contributed by atoms with Gasteiger partial charge in [-0.25, -0.2) is 4.98 Å². The highest BCUT2D eigenvalue weighted by atomic mass is 79.9. The van der Waals surface area contributed by atoms with Gasteiger partial charge in [-0.3, -0.25) is 9.89 Å². The number of hydrogen-bond acceptors (Lipinski definition) is 4. The van der Waals surface area contributed by atoms with Crippen LogP contribution in [0.15, 0.2) is 58.2 Å². The maximum Gasteiger partial charge on any atom is 0.209 e. The van der Waals surface area contributed by atoms with E-state index in [1.807, 2.05) is 62.4 Å². The molecule has 0 spiro atoms. The summed E-state index contributed by atoms with van der Waals surface area (Å²) in [6, 6.07) is 15.4. The number of aromatic amines is 1. The topological polar surface area (TPSA) is 58.6 Å². The number of thioether (sulfide) groups is 1. The van der Waals surface area contributed by atoms with E-state index in [4.69, 9.17) is 0 Å². The van der Waals surface area contributed by atoms with E-state index in [0.717, 1.165) is 15.6 Å². The Morgan fingerprint density at radius 2 is 1.88 bits per heavy atom. The molecule has 0 unspecified atom stereocenters. The second kappa shape index (κ2) is 7.32. The second-order valence-electron chi connectivity index (χ2n) is 5.44. The van der Waals surface area contributed by atoms with Crippen LogP contribution in [0.5, 0.6) is 0 Å². The lowest BCUT2D eigenvalue weighted by atomic mass is 10.1. The third-order valence-corrected chi connectivity index (χ3v) is 5.23. The standard InChI is InChI=1S/C18H16BrN3OS/c1-11-7-9-13(10-8-11)16(23)12(2)24-18-20-17(21-22-18)14-5-3-4-6-15(14)19/h3-10,12H,1-2H3,(H,20,21,22)/t12-/m1/s1. The maximum absolute atomic E-state index is 12.5. The number of nitrogens with zero attached hydrogens (tertiary/aromatic N) is 2. The minimum atomic E-state index is -0.254. The van der Waals surface area contributed by atoms with Crippen molar-refractivity contribution in [3.05, 3.63) is 64.1 Å². The van der Waals surface area contributed by atoms with Gasteiger partial charge in [-0.15, -0.1) is 5.10 Å². The van der Waals surface area contributed by atoms with E-state index in [9.17, 15) is 4.79 Å². The Morgan fingerprint density at radius 1 is 1.17 bits per heavy atom. The molecule has 1 heterocycles. The fourth-order valence-electron chi connectivity index (χ4n) is 2.24. The first-order chi connectivity index (χ1) is 11.5. The Bertz CT molecular complexity index is 861. The van der Waals surface area contributed by atoms with Gasteiger partial charge in [0.1, 0.15) is 0 Å². The average Bonchev–Trinajstić information content (AvgIpc) is 3.03. The molecule has 1 N–H and O–H groups in total. The predicted molar refractivity (Wildman–Crippen MR) is 100 cm³/mol. The molecule has 4 nitrogen and oxygen atoms in total. The minimum Gasteiger partial charge on any atom is -0.293 e. The molecule has 0 radical (unpaired) electrons. The van der Waals surface area contributed by atoms with Crippen LogP contribution in [-0.2, 0) is 0 Å². The van der Waals surface area contributed by atoms with Crippen molar-refractivity contribution in [2.75, 3.05) is 0 Å². The monoisotopic (exact) mass is 401 g/mol. The van der Waals surface area contributed by atoms with Gasteiger partial charge in [-0.1, -0.05) is 75.7 Å². The number of rotatable bonds is 5. The van der Waals surface area contributed by atoms with Gasteiger partial charge < -0.3 is 0 Å². The SMILES string of the molecule is Cc1ccc(C(=O)[C@@H](C)Sc2n[nH]c(-c3ccccc3Br)n2)cc1. The molecule has 0 saturated heterocycles. The van der Waals surface area contributed by atoms with Crippen LogP contribution in [0.4, 0.5) is 0 Å². The van der Waals surface area contributed by atoms with Gasteiger partial charge in [0.25, 0.3) is 0 Å². The van der Waals surface area contributed by atoms with Crippen molar-refractivity contribution in [3.63, 3.8) is 0 Å². The van der Waals surface area contributed by atoms with Gasteiger partial charge in [0, 0.05) is 15.6 Å². The Kier molecular flexibility index (Phi) is 5.16. The summed E-state index contributed by atoms with van der Waals surface area (Å²) in [6.45, 7) is 3.88. The van der Waals surface area contributed by atoms with E-state index in [1.165, 1.54) is 11.8 Å². The van der Waals surface area contributed by atoms with Crippen molar-refractivity contribution in [1.29, 1.82) is 0 Å². The molecule has 0 amide bonds. The summed E-state index contributed by atoms with van der Waals surface area (Å²) in [7, 11) is 0. The van der Waals surface area contributed by atoms with Crippen LogP contribution in [0.3, 0.4) is 0 Å². The van der Waals surface area contributed by atoms with Crippen LogP contribution in [-0.4, -0.2) is 26.2 Å². The van der Waals surface area contributed by atoms with Gasteiger partial charge in [-0.05, 0) is 19.9 Å². The van der Waals surface area contributed by atoms with E-state index < -0.39 is 0 Å². The summed E-state index contributed by atoms with van der Waals surface area (Å²) in [5, 5.41) is 7.46. The van der Waals surface area contributed by atoms with Crippen molar-refractivity contribution in [3.8, 4) is 11.4 Å². The molecule has 122 valence electrons. The molecule has 0 saturated carbocycles. The fourth-order valence-corrected chi connectivity index (χ4v) is 3.51. The Labute approximate surface area is 153 Å². The number of H-pyrrole nitrogens is 1. The number of halogens is 1. The van der Waals surface area contributed by atoms with E-state index in [-0.39, 0.29) is 11.0 Å². The Hall–Kier alpha value is -1.92. The van der Waals surface area contributed by atoms with E-state index in [0.29, 0.717) is 16.5 Å². The summed E-state index contributed by atoms with van der Waals surface area (Å²) in [5.74, 6) is 0.757. The zero-order valence-corrected chi connectivity index (χ0v) is 15.7. The first-order valence-corrected chi connectivity index (χ1v) is 9.16. The van der Waals surface area contributed by atoms with E-state index in [1.54, 1.807) is 0 Å². The lowest BCUT2D eigenvalue weighted by molar-refractivity contribution is 0.0994. The number of aryl methyl sites for hydroxylation is 1. The number of carbonyl (C=O) groups excluding carboxylic acids is 1. The Balaban J connectivity index is 1.73. The van der Waals surface area contributed by atoms with E-state index in [2.05, 4.69) is 31.1 Å². The molecule has 0 aliphatic rings. The smallest absolute Gasteiger partial charge is 0.209 e. The second-order valence-corrected chi connectivity index (χ2v) is 7.60. The molecular weight excluding hydrogens is 386 g/mol. The summed E-state index contributed by atoms with van der Waals surface area (Å²) in [4.78, 5) is 17.0. The molecule has 3 aromatic rings. The van der Waals surface area contributed by atoms with Crippen LogP contribution in [0.2, 0.25) is 0 Å². The summed E-state index contributed by atoms with van der Waals surface area (Å²) in [6.07, 6.45) is 0. The lowest BCUT2D eigenvalue weighted by Gasteiger charge is -2.07. The molecule has 0 fully saturated rings. The van der Waals surface area contributed by atoms with Crippen molar-refractivity contribution in [2.45, 2.75) is 24.3 Å². The molecule has 2 aromatic carbocycles. The fraction of sp³-hybridized carbons (Fsp3) is 0.167. The van der Waals surface area contributed by atoms with E-state index >= 15 is 0 Å². The molecule has 6 heteroatoms. The molecule has 24 heavy (non-hydrogen) atoms. The van der Waals surface area contributed by atoms with Crippen LogP contribution in [0, 0.1) is 6.92 Å². The molecule has 3 rings (SSSR count). The predicted octanol–water partition coefficient (Wildman–Crippen LogP) is 4.91. The number of benzene rings is 2. The first kappa shape index (κ1) is 16.9. The summed E-state index contributed by atoms with van der Waals surface area (Å²) >= 11 is 4.86. The molecule has 1 aromatic heterocycles. The van der Waals surface area contributed by atoms with Gasteiger partial charge in [0.15, 0.2) is 11.6 Å². The normalized spacial score (nSPS) is 12.1. The Morgan fingerprint density at radius 3 is 2.58 bits per heavy atom. The van der Waals surface area contributed by atoms with Crippen LogP contribution >= 0.6 is 27.7 Å². The van der Waals surface area contributed by atoms with Gasteiger partial charge >= 0.3 is 0 Å². The van der Waals surface area contributed by atoms with Gasteiger partial charge in [0.05, 0.1) is 5.25 Å². The largest absolute Gasteiger partial charge is 0.293 e. The number of aromatic nitrogens is 3.